The Hall–Kier alpha value is -1.49. The van der Waals surface area contributed by atoms with Gasteiger partial charge in [-0.2, -0.15) is 13.2 Å². The largest absolute Gasteiger partial charge is 0.418 e. The summed E-state index contributed by atoms with van der Waals surface area (Å²) in [5, 5.41) is 0.622. The van der Waals surface area contributed by atoms with Gasteiger partial charge in [0.25, 0.3) is 0 Å². The van der Waals surface area contributed by atoms with E-state index in [2.05, 4.69) is 0 Å². The molecule has 0 spiro atoms. The number of hydrogen-bond donors (Lipinski definition) is 1. The lowest BCUT2D eigenvalue weighted by Gasteiger charge is -2.24. The lowest BCUT2D eigenvalue weighted by Crippen LogP contribution is -2.25. The van der Waals surface area contributed by atoms with Crippen LogP contribution >= 0.6 is 0 Å². The summed E-state index contributed by atoms with van der Waals surface area (Å²) in [6, 6.07) is 6.10. The zero-order valence-corrected chi connectivity index (χ0v) is 9.67. The van der Waals surface area contributed by atoms with Crippen LogP contribution in [0.25, 0.3) is 10.9 Å². The third-order valence-corrected chi connectivity index (χ3v) is 3.51. The van der Waals surface area contributed by atoms with Crippen LogP contribution in [0.5, 0.6) is 0 Å². The lowest BCUT2D eigenvalue weighted by molar-refractivity contribution is -0.136. The highest BCUT2D eigenvalue weighted by Gasteiger charge is 2.35. The van der Waals surface area contributed by atoms with Gasteiger partial charge in [-0.3, -0.25) is 0 Å². The van der Waals surface area contributed by atoms with Crippen molar-refractivity contribution < 1.29 is 13.2 Å². The van der Waals surface area contributed by atoms with Gasteiger partial charge in [0.2, 0.25) is 0 Å². The molecule has 1 aliphatic rings. The Kier molecular flexibility index (Phi) is 2.41. The molecular formula is C13H13F3N2. The van der Waals surface area contributed by atoms with E-state index in [1.54, 1.807) is 10.6 Å². The predicted octanol–water partition coefficient (Wildman–Crippen LogP) is 3.45. The molecule has 1 unspecified atom stereocenters. The summed E-state index contributed by atoms with van der Waals surface area (Å²) in [4.78, 5) is 0. The summed E-state index contributed by atoms with van der Waals surface area (Å²) in [6.45, 7) is 0. The molecule has 2 aromatic rings. The fourth-order valence-electron chi connectivity index (χ4n) is 2.76. The molecule has 2 nitrogen and oxygen atoms in total. The van der Waals surface area contributed by atoms with E-state index in [1.165, 1.54) is 6.07 Å². The van der Waals surface area contributed by atoms with Crippen molar-refractivity contribution in [2.75, 3.05) is 0 Å². The molecule has 0 saturated carbocycles. The molecule has 1 aromatic carbocycles. The number of aromatic nitrogens is 1. The van der Waals surface area contributed by atoms with Gasteiger partial charge in [0.1, 0.15) is 0 Å². The van der Waals surface area contributed by atoms with Gasteiger partial charge >= 0.3 is 6.18 Å². The van der Waals surface area contributed by atoms with Gasteiger partial charge < -0.3 is 10.3 Å². The van der Waals surface area contributed by atoms with Crippen LogP contribution < -0.4 is 5.73 Å². The molecular weight excluding hydrogens is 241 g/mol. The topological polar surface area (TPSA) is 30.9 Å². The Morgan fingerprint density at radius 1 is 1.28 bits per heavy atom. The molecule has 1 aromatic heterocycles. The minimum absolute atomic E-state index is 0.229. The molecule has 1 aliphatic heterocycles. The van der Waals surface area contributed by atoms with E-state index in [9.17, 15) is 13.2 Å². The van der Waals surface area contributed by atoms with Crippen LogP contribution in [0.15, 0.2) is 24.3 Å². The van der Waals surface area contributed by atoms with Gasteiger partial charge in [0.05, 0.1) is 17.2 Å². The molecule has 0 aliphatic carbocycles. The molecule has 0 saturated heterocycles. The molecule has 0 amide bonds. The highest BCUT2D eigenvalue weighted by atomic mass is 19.4. The first kappa shape index (κ1) is 11.6. The first-order valence-corrected chi connectivity index (χ1v) is 5.94. The Morgan fingerprint density at radius 2 is 2.06 bits per heavy atom. The van der Waals surface area contributed by atoms with Crippen LogP contribution in [0.4, 0.5) is 13.2 Å². The van der Waals surface area contributed by atoms with E-state index in [0.29, 0.717) is 5.39 Å². The highest BCUT2D eigenvalue weighted by molar-refractivity contribution is 5.85. The maximum absolute atomic E-state index is 13.0. The predicted molar refractivity (Wildman–Crippen MR) is 63.1 cm³/mol. The van der Waals surface area contributed by atoms with Crippen LogP contribution in [0.1, 0.15) is 30.3 Å². The third kappa shape index (κ3) is 1.61. The van der Waals surface area contributed by atoms with E-state index >= 15 is 0 Å². The smallest absolute Gasteiger partial charge is 0.328 e. The first-order chi connectivity index (χ1) is 8.48. The number of nitrogens with zero attached hydrogens (tertiary/aromatic N) is 1. The van der Waals surface area contributed by atoms with Crippen LogP contribution in [0.3, 0.4) is 0 Å². The lowest BCUT2D eigenvalue weighted by atomic mass is 10.1. The molecule has 0 bridgehead atoms. The second kappa shape index (κ2) is 3.75. The van der Waals surface area contributed by atoms with Crippen molar-refractivity contribution in [3.63, 3.8) is 0 Å². The van der Waals surface area contributed by atoms with Crippen molar-refractivity contribution >= 4 is 10.9 Å². The van der Waals surface area contributed by atoms with Gasteiger partial charge in [0, 0.05) is 11.1 Å². The number of alkyl halides is 3. The average Bonchev–Trinajstić information content (AvgIpc) is 2.66. The summed E-state index contributed by atoms with van der Waals surface area (Å²) in [5.74, 6) is 0. The molecule has 5 heteroatoms. The van der Waals surface area contributed by atoms with E-state index in [4.69, 9.17) is 5.73 Å². The van der Waals surface area contributed by atoms with E-state index in [-0.39, 0.29) is 11.7 Å². The Labute approximate surface area is 102 Å². The Morgan fingerprint density at radius 3 is 2.78 bits per heavy atom. The number of para-hydroxylation sites is 1. The number of rotatable bonds is 0. The molecule has 2 heterocycles. The molecule has 96 valence electrons. The Bertz CT molecular complexity index is 598. The quantitative estimate of drug-likeness (QED) is 0.767. The monoisotopic (exact) mass is 254 g/mol. The number of halogens is 3. The Balaban J connectivity index is 2.36. The summed E-state index contributed by atoms with van der Waals surface area (Å²) in [7, 11) is 0. The molecule has 2 N–H and O–H groups in total. The van der Waals surface area contributed by atoms with Crippen LogP contribution in [0, 0.1) is 0 Å². The maximum atomic E-state index is 13.0. The highest BCUT2D eigenvalue weighted by Crippen LogP contribution is 2.38. The van der Waals surface area contributed by atoms with Gasteiger partial charge in [-0.1, -0.05) is 12.1 Å². The van der Waals surface area contributed by atoms with Crippen LogP contribution in [-0.4, -0.2) is 4.57 Å². The van der Waals surface area contributed by atoms with E-state index in [0.717, 1.165) is 31.0 Å². The van der Waals surface area contributed by atoms with Crippen molar-refractivity contribution in [1.82, 2.24) is 4.57 Å². The summed E-state index contributed by atoms with van der Waals surface area (Å²) < 4.78 is 40.8. The van der Waals surface area contributed by atoms with Gasteiger partial charge in [-0.15, -0.1) is 0 Å². The first-order valence-electron chi connectivity index (χ1n) is 5.94. The number of aryl methyl sites for hydroxylation is 1. The average molecular weight is 254 g/mol. The van der Waals surface area contributed by atoms with Crippen molar-refractivity contribution in [2.24, 2.45) is 5.73 Å². The maximum Gasteiger partial charge on any atom is 0.418 e. The summed E-state index contributed by atoms with van der Waals surface area (Å²) in [5.41, 5.74) is 6.50. The van der Waals surface area contributed by atoms with Crippen molar-refractivity contribution in [3.05, 3.63) is 35.5 Å². The van der Waals surface area contributed by atoms with Crippen molar-refractivity contribution in [3.8, 4) is 0 Å². The number of hydrogen-bond acceptors (Lipinski definition) is 1. The molecule has 18 heavy (non-hydrogen) atoms. The zero-order valence-electron chi connectivity index (χ0n) is 9.67. The fraction of sp³-hybridized carbons (Fsp3) is 0.385. The number of benzene rings is 1. The zero-order chi connectivity index (χ0) is 12.9. The minimum atomic E-state index is -4.34. The standard InChI is InChI=1S/C13H13F3N2/c14-13(15,16)10-5-1-3-8-7-9-4-2-6-11(17)18(9)12(8)10/h1,3,5,7,11H,2,4,6,17H2. The fourth-order valence-corrected chi connectivity index (χ4v) is 2.76. The third-order valence-electron chi connectivity index (χ3n) is 3.51. The summed E-state index contributed by atoms with van der Waals surface area (Å²) in [6.07, 6.45) is -2.25. The van der Waals surface area contributed by atoms with E-state index in [1.807, 2.05) is 6.07 Å². The molecule has 0 radical (unpaired) electrons. The van der Waals surface area contributed by atoms with Gasteiger partial charge in [0.15, 0.2) is 0 Å². The van der Waals surface area contributed by atoms with Crippen molar-refractivity contribution in [2.45, 2.75) is 31.6 Å². The van der Waals surface area contributed by atoms with Gasteiger partial charge in [-0.05, 0) is 31.4 Å². The number of fused-ring (bicyclic) bond motifs is 3. The summed E-state index contributed by atoms with van der Waals surface area (Å²) >= 11 is 0. The van der Waals surface area contributed by atoms with E-state index < -0.39 is 11.7 Å². The second-order valence-electron chi connectivity index (χ2n) is 4.71. The van der Waals surface area contributed by atoms with Crippen molar-refractivity contribution in [1.29, 1.82) is 0 Å². The van der Waals surface area contributed by atoms with Gasteiger partial charge in [-0.25, -0.2) is 0 Å². The second-order valence-corrected chi connectivity index (χ2v) is 4.71. The SMILES string of the molecule is NC1CCCc2cc3cccc(C(F)(F)F)c3n21. The van der Waals surface area contributed by atoms with Crippen LogP contribution in [0.2, 0.25) is 0 Å². The molecule has 0 fully saturated rings. The normalized spacial score (nSPS) is 20.1. The molecule has 1 atom stereocenters. The number of nitrogens with two attached hydrogens (primary N) is 1. The van der Waals surface area contributed by atoms with Crippen LogP contribution in [-0.2, 0) is 12.6 Å². The molecule has 3 rings (SSSR count). The minimum Gasteiger partial charge on any atom is -0.328 e.